The van der Waals surface area contributed by atoms with Gasteiger partial charge in [0.05, 0.1) is 27.9 Å². The molecule has 148 valence electrons. The SMILES string of the molecule is CC(=O)c1cc(CCC(=O)OCc2cc(=O)n3c(n2)sc2ccccc23)oc1C. The average molecular weight is 410 g/mol. The van der Waals surface area contributed by atoms with E-state index in [0.717, 1.165) is 10.2 Å². The van der Waals surface area contributed by atoms with Gasteiger partial charge in [0.25, 0.3) is 5.56 Å². The fourth-order valence-corrected chi connectivity index (χ4v) is 4.22. The van der Waals surface area contributed by atoms with Crippen LogP contribution < -0.4 is 5.56 Å². The van der Waals surface area contributed by atoms with Crippen molar-refractivity contribution in [3.05, 3.63) is 69.5 Å². The Morgan fingerprint density at radius 3 is 2.79 bits per heavy atom. The van der Waals surface area contributed by atoms with Crippen molar-refractivity contribution in [2.75, 3.05) is 0 Å². The van der Waals surface area contributed by atoms with E-state index in [0.29, 0.717) is 34.2 Å². The van der Waals surface area contributed by atoms with Gasteiger partial charge in [-0.2, -0.15) is 0 Å². The molecular weight excluding hydrogens is 392 g/mol. The number of aromatic nitrogens is 2. The molecule has 0 unspecified atom stereocenters. The lowest BCUT2D eigenvalue weighted by molar-refractivity contribution is -0.145. The van der Waals surface area contributed by atoms with Crippen LogP contribution in [0.1, 0.15) is 40.9 Å². The lowest BCUT2D eigenvalue weighted by Crippen LogP contribution is -2.15. The minimum atomic E-state index is -0.429. The van der Waals surface area contributed by atoms with Gasteiger partial charge in [-0.25, -0.2) is 4.98 Å². The number of Topliss-reactive ketones (excluding diaryl/α,β-unsaturated/α-hetero) is 1. The molecule has 0 radical (unpaired) electrons. The van der Waals surface area contributed by atoms with Gasteiger partial charge in [0.2, 0.25) is 0 Å². The molecule has 0 bridgehead atoms. The van der Waals surface area contributed by atoms with E-state index in [9.17, 15) is 14.4 Å². The number of thiazole rings is 1. The van der Waals surface area contributed by atoms with Gasteiger partial charge < -0.3 is 9.15 Å². The van der Waals surface area contributed by atoms with Crippen molar-refractivity contribution in [1.29, 1.82) is 0 Å². The van der Waals surface area contributed by atoms with Gasteiger partial charge in [-0.1, -0.05) is 23.5 Å². The molecule has 0 saturated carbocycles. The van der Waals surface area contributed by atoms with Crippen LogP contribution in [0.4, 0.5) is 0 Å². The molecule has 3 aromatic heterocycles. The molecule has 4 aromatic rings. The maximum absolute atomic E-state index is 12.5. The molecule has 0 saturated heterocycles. The minimum absolute atomic E-state index is 0.0747. The molecule has 0 N–H and O–H groups in total. The summed E-state index contributed by atoms with van der Waals surface area (Å²) < 4.78 is 13.3. The van der Waals surface area contributed by atoms with Crippen LogP contribution in [-0.4, -0.2) is 21.1 Å². The average Bonchev–Trinajstić information content (AvgIpc) is 3.25. The number of hydrogen-bond acceptors (Lipinski definition) is 7. The van der Waals surface area contributed by atoms with E-state index < -0.39 is 5.97 Å². The monoisotopic (exact) mass is 410 g/mol. The minimum Gasteiger partial charge on any atom is -0.466 e. The smallest absolute Gasteiger partial charge is 0.306 e. The number of esters is 1. The predicted molar refractivity (Wildman–Crippen MR) is 108 cm³/mol. The highest BCUT2D eigenvalue weighted by Gasteiger charge is 2.14. The van der Waals surface area contributed by atoms with Crippen LogP contribution in [0, 0.1) is 6.92 Å². The molecule has 0 fully saturated rings. The number of para-hydroxylation sites is 1. The fraction of sp³-hybridized carbons (Fsp3) is 0.238. The largest absolute Gasteiger partial charge is 0.466 e. The first-order valence-corrected chi connectivity index (χ1v) is 9.90. The Morgan fingerprint density at radius 2 is 2.03 bits per heavy atom. The van der Waals surface area contributed by atoms with Crippen molar-refractivity contribution in [3.8, 4) is 0 Å². The van der Waals surface area contributed by atoms with Crippen LogP contribution in [0.25, 0.3) is 15.2 Å². The maximum Gasteiger partial charge on any atom is 0.306 e. The van der Waals surface area contributed by atoms with Gasteiger partial charge in [0, 0.05) is 12.5 Å². The molecule has 0 amide bonds. The van der Waals surface area contributed by atoms with Crippen molar-refractivity contribution >= 4 is 38.3 Å². The first kappa shape index (κ1) is 19.1. The molecule has 4 rings (SSSR count). The summed E-state index contributed by atoms with van der Waals surface area (Å²) in [6.07, 6.45) is 0.437. The molecule has 0 spiro atoms. The van der Waals surface area contributed by atoms with Gasteiger partial charge in [-0.15, -0.1) is 0 Å². The second-order valence-electron chi connectivity index (χ2n) is 6.67. The second kappa shape index (κ2) is 7.63. The van der Waals surface area contributed by atoms with E-state index in [1.54, 1.807) is 17.4 Å². The van der Waals surface area contributed by atoms with Crippen molar-refractivity contribution < 1.29 is 18.7 Å². The van der Waals surface area contributed by atoms with Gasteiger partial charge in [0.15, 0.2) is 10.7 Å². The van der Waals surface area contributed by atoms with E-state index in [1.807, 2.05) is 24.3 Å². The van der Waals surface area contributed by atoms with E-state index in [1.165, 1.54) is 24.3 Å². The molecule has 29 heavy (non-hydrogen) atoms. The van der Waals surface area contributed by atoms with Crippen molar-refractivity contribution in [3.63, 3.8) is 0 Å². The summed E-state index contributed by atoms with van der Waals surface area (Å²) in [6.45, 7) is 3.11. The van der Waals surface area contributed by atoms with E-state index in [4.69, 9.17) is 9.15 Å². The lowest BCUT2D eigenvalue weighted by atomic mass is 10.1. The zero-order chi connectivity index (χ0) is 20.5. The third-order valence-corrected chi connectivity index (χ3v) is 5.57. The highest BCUT2D eigenvalue weighted by atomic mass is 32.1. The highest BCUT2D eigenvalue weighted by molar-refractivity contribution is 7.23. The number of furan rings is 1. The second-order valence-corrected chi connectivity index (χ2v) is 7.68. The van der Waals surface area contributed by atoms with Crippen LogP contribution in [0.5, 0.6) is 0 Å². The maximum atomic E-state index is 12.5. The molecule has 7 nitrogen and oxygen atoms in total. The van der Waals surface area contributed by atoms with Crippen LogP contribution in [0.3, 0.4) is 0 Å². The Morgan fingerprint density at radius 1 is 1.24 bits per heavy atom. The summed E-state index contributed by atoms with van der Waals surface area (Å²) in [6, 6.07) is 10.6. The van der Waals surface area contributed by atoms with Crippen LogP contribution in [0.15, 0.2) is 45.6 Å². The van der Waals surface area contributed by atoms with E-state index in [-0.39, 0.29) is 24.4 Å². The Hall–Kier alpha value is -3.26. The summed E-state index contributed by atoms with van der Waals surface area (Å²) in [5.41, 5.74) is 1.53. The van der Waals surface area contributed by atoms with Gasteiger partial charge >= 0.3 is 5.97 Å². The number of carbonyl (C=O) groups excluding carboxylic acids is 2. The molecular formula is C21H18N2O5S. The van der Waals surface area contributed by atoms with Gasteiger partial charge in [-0.05, 0) is 32.0 Å². The summed E-state index contributed by atoms with van der Waals surface area (Å²) in [5.74, 6) is 0.603. The number of ether oxygens (including phenoxy) is 1. The van der Waals surface area contributed by atoms with E-state index >= 15 is 0 Å². The Balaban J connectivity index is 1.42. The first-order chi connectivity index (χ1) is 13.9. The number of benzene rings is 1. The quantitative estimate of drug-likeness (QED) is 0.356. The molecule has 8 heteroatoms. The third-order valence-electron chi connectivity index (χ3n) is 4.55. The number of nitrogens with zero attached hydrogens (tertiary/aromatic N) is 2. The molecule has 0 aliphatic carbocycles. The topological polar surface area (TPSA) is 90.9 Å². The number of ketones is 1. The van der Waals surface area contributed by atoms with Crippen LogP contribution in [-0.2, 0) is 22.6 Å². The summed E-state index contributed by atoms with van der Waals surface area (Å²) in [4.78, 5) is 41.0. The molecule has 3 heterocycles. The fourth-order valence-electron chi connectivity index (χ4n) is 3.17. The predicted octanol–water partition coefficient (Wildman–Crippen LogP) is 3.69. The van der Waals surface area contributed by atoms with Crippen molar-refractivity contribution in [1.82, 2.24) is 9.38 Å². The standard InChI is InChI=1S/C21H18N2O5S/c1-12(24)16-10-15(28-13(16)2)7-8-20(26)27-11-14-9-19(25)23-17-5-3-4-6-18(17)29-21(23)22-14/h3-6,9-10H,7-8,11H2,1-2H3. The van der Waals surface area contributed by atoms with Crippen LogP contribution in [0.2, 0.25) is 0 Å². The van der Waals surface area contributed by atoms with Gasteiger partial charge in [-0.3, -0.25) is 18.8 Å². The first-order valence-electron chi connectivity index (χ1n) is 9.08. The highest BCUT2D eigenvalue weighted by Crippen LogP contribution is 2.23. The van der Waals surface area contributed by atoms with E-state index in [2.05, 4.69) is 4.98 Å². The van der Waals surface area contributed by atoms with Crippen molar-refractivity contribution in [2.24, 2.45) is 0 Å². The Labute approximate surface area is 169 Å². The number of hydrogen-bond donors (Lipinski definition) is 0. The Kier molecular flexibility index (Phi) is 5.02. The van der Waals surface area contributed by atoms with Crippen LogP contribution >= 0.6 is 11.3 Å². The molecule has 1 aromatic carbocycles. The zero-order valence-corrected chi connectivity index (χ0v) is 16.7. The number of aryl methyl sites for hydroxylation is 2. The summed E-state index contributed by atoms with van der Waals surface area (Å²) in [5, 5.41) is 0. The number of rotatable bonds is 6. The summed E-state index contributed by atoms with van der Waals surface area (Å²) in [7, 11) is 0. The molecule has 0 aliphatic rings. The third kappa shape index (κ3) is 3.84. The van der Waals surface area contributed by atoms with Crippen molar-refractivity contribution in [2.45, 2.75) is 33.3 Å². The molecule has 0 atom stereocenters. The van der Waals surface area contributed by atoms with Gasteiger partial charge in [0.1, 0.15) is 18.1 Å². The number of fused-ring (bicyclic) bond motifs is 3. The summed E-state index contributed by atoms with van der Waals surface area (Å²) >= 11 is 1.41. The normalized spacial score (nSPS) is 11.2. The Bertz CT molecular complexity index is 1300. The molecule has 0 aliphatic heterocycles. The lowest BCUT2D eigenvalue weighted by Gasteiger charge is -2.04. The number of carbonyl (C=O) groups is 2. The zero-order valence-electron chi connectivity index (χ0n) is 15.9.